The van der Waals surface area contributed by atoms with Gasteiger partial charge in [0.1, 0.15) is 11.3 Å². The van der Waals surface area contributed by atoms with Gasteiger partial charge in [-0.1, -0.05) is 67.7 Å². The number of rotatable bonds is 10. The van der Waals surface area contributed by atoms with Gasteiger partial charge in [-0.15, -0.1) is 0 Å². The molecule has 0 radical (unpaired) electrons. The molecule has 0 spiro atoms. The van der Waals surface area contributed by atoms with Crippen LogP contribution in [0, 0.1) is 12.8 Å². The van der Waals surface area contributed by atoms with Crippen molar-refractivity contribution < 1.29 is 4.79 Å². The molecule has 42 heavy (non-hydrogen) atoms. The van der Waals surface area contributed by atoms with E-state index in [1.54, 1.807) is 6.20 Å². The van der Waals surface area contributed by atoms with Gasteiger partial charge in [-0.05, 0) is 64.2 Å². The number of fused-ring (bicyclic) bond motifs is 1. The average molecular weight is 599 g/mol. The number of aromatic nitrogens is 6. The van der Waals surface area contributed by atoms with Gasteiger partial charge in [-0.25, -0.2) is 9.97 Å². The van der Waals surface area contributed by atoms with Crippen LogP contribution in [-0.2, 0) is 11.3 Å². The summed E-state index contributed by atoms with van der Waals surface area (Å²) in [5.41, 5.74) is 4.84. The molecule has 9 nitrogen and oxygen atoms in total. The van der Waals surface area contributed by atoms with E-state index < -0.39 is 0 Å². The average Bonchev–Trinajstić information content (AvgIpc) is 3.69. The third-order valence-electron chi connectivity index (χ3n) is 6.37. The van der Waals surface area contributed by atoms with Crippen molar-refractivity contribution in [1.82, 2.24) is 33.8 Å². The van der Waals surface area contributed by atoms with E-state index in [4.69, 9.17) is 4.79 Å². The van der Waals surface area contributed by atoms with Gasteiger partial charge >= 0.3 is 0 Å². The first-order valence-corrected chi connectivity index (χ1v) is 16.0. The third-order valence-corrected chi connectivity index (χ3v) is 7.11. The third kappa shape index (κ3) is 12.0. The minimum Gasteiger partial charge on any atom is -0.328 e. The van der Waals surface area contributed by atoms with Crippen molar-refractivity contribution in [2.45, 2.75) is 114 Å². The molecule has 4 aromatic heterocycles. The summed E-state index contributed by atoms with van der Waals surface area (Å²) in [6.07, 6.45) is 13.4. The zero-order valence-electron chi connectivity index (χ0n) is 27.8. The highest BCUT2D eigenvalue weighted by Crippen LogP contribution is 2.28. The molecule has 0 aromatic carbocycles. The molecule has 0 bridgehead atoms. The minimum atomic E-state index is 0.148. The fraction of sp³-hybridized carbons (Fsp3) is 0.594. The fourth-order valence-electron chi connectivity index (χ4n) is 3.89. The summed E-state index contributed by atoms with van der Waals surface area (Å²) in [5, 5.41) is 11.3. The maximum absolute atomic E-state index is 8.81. The monoisotopic (exact) mass is 598 g/mol. The summed E-state index contributed by atoms with van der Waals surface area (Å²) < 4.78 is 6.71. The first-order chi connectivity index (χ1) is 20.0. The zero-order valence-corrected chi connectivity index (χ0v) is 28.6. The Morgan fingerprint density at radius 1 is 1.14 bits per heavy atom. The van der Waals surface area contributed by atoms with Crippen LogP contribution in [-0.4, -0.2) is 52.2 Å². The molecule has 0 aliphatic rings. The minimum absolute atomic E-state index is 0.148. The maximum Gasteiger partial charge on any atom is 0.180 e. The van der Waals surface area contributed by atoms with Gasteiger partial charge in [-0.3, -0.25) is 14.4 Å². The van der Waals surface area contributed by atoms with Crippen molar-refractivity contribution in [2.24, 2.45) is 5.92 Å². The Hall–Kier alpha value is -3.11. The number of carbonyl (C=O) groups excluding carboxylic acids is 1. The van der Waals surface area contributed by atoms with Crippen LogP contribution in [0.4, 0.5) is 10.8 Å². The molecule has 0 aliphatic carbocycles. The van der Waals surface area contributed by atoms with Crippen LogP contribution < -0.4 is 5.32 Å². The number of anilines is 2. The first kappa shape index (κ1) is 36.9. The summed E-state index contributed by atoms with van der Waals surface area (Å²) in [6.45, 7) is 25.2. The van der Waals surface area contributed by atoms with E-state index in [1.165, 1.54) is 37.7 Å². The molecule has 10 heteroatoms. The number of carbonyl (C=O) groups is 1. The number of imidazole rings is 1. The summed E-state index contributed by atoms with van der Waals surface area (Å²) in [7, 11) is 0. The Bertz CT molecular complexity index is 1270. The van der Waals surface area contributed by atoms with E-state index in [0.717, 1.165) is 70.8 Å². The van der Waals surface area contributed by atoms with Gasteiger partial charge < -0.3 is 10.1 Å². The van der Waals surface area contributed by atoms with Gasteiger partial charge in [0.25, 0.3) is 0 Å². The van der Waals surface area contributed by atoms with Crippen molar-refractivity contribution in [2.75, 3.05) is 11.9 Å². The van der Waals surface area contributed by atoms with Gasteiger partial charge in [0.2, 0.25) is 0 Å². The first-order valence-electron chi connectivity index (χ1n) is 15.2. The van der Waals surface area contributed by atoms with E-state index in [0.29, 0.717) is 0 Å². The topological polar surface area (TPSA) is 104 Å². The number of H-pyrrole nitrogens is 1. The SMILES string of the molecule is CC(C)C.CC=O.CCCCC.CCN(Cc1cc(Nc2nc(C)cn3c(-c4cn[nH]c4)cnc23)sn1)C(C)(C)CC. The van der Waals surface area contributed by atoms with Crippen molar-refractivity contribution in [3.63, 3.8) is 0 Å². The number of nitrogens with zero attached hydrogens (tertiary/aromatic N) is 6. The van der Waals surface area contributed by atoms with E-state index in [-0.39, 0.29) is 5.54 Å². The Morgan fingerprint density at radius 3 is 2.29 bits per heavy atom. The summed E-state index contributed by atoms with van der Waals surface area (Å²) in [6, 6.07) is 2.11. The van der Waals surface area contributed by atoms with Crippen molar-refractivity contribution >= 4 is 34.3 Å². The summed E-state index contributed by atoms with van der Waals surface area (Å²) in [5.74, 6) is 1.56. The molecule has 0 aliphatic heterocycles. The highest BCUT2D eigenvalue weighted by Gasteiger charge is 2.24. The molecule has 4 heterocycles. The molecule has 0 fully saturated rings. The number of aldehydes is 1. The standard InChI is InChI=1S/C21H28N8S.C5H12.C4H10.C2H4O/c1-6-21(4,5)28(7-2)13-16-8-18(30-27-16)26-19-20-22-11-17(15-9-23-24-10-15)29(20)12-14(3)25-19;1-3-5-4-2;1-4(2)3;1-2-3/h8-12H,6-7,13H2,1-5H3,(H,23,24)(H,25,26);3-5H2,1-2H3;4H,1-3H3;2H,1H3. The Balaban J connectivity index is 0.000000628. The smallest absolute Gasteiger partial charge is 0.180 e. The van der Waals surface area contributed by atoms with Crippen LogP contribution in [0.5, 0.6) is 0 Å². The Labute approximate surface area is 257 Å². The van der Waals surface area contributed by atoms with E-state index in [9.17, 15) is 0 Å². The van der Waals surface area contributed by atoms with Crippen LogP contribution in [0.25, 0.3) is 16.9 Å². The van der Waals surface area contributed by atoms with Crippen molar-refractivity contribution in [3.05, 3.63) is 42.2 Å². The maximum atomic E-state index is 8.81. The summed E-state index contributed by atoms with van der Waals surface area (Å²) in [4.78, 5) is 20.5. The molecular formula is C32H54N8OS. The molecular weight excluding hydrogens is 544 g/mol. The van der Waals surface area contributed by atoms with Gasteiger partial charge in [0.05, 0.1) is 29.5 Å². The Kier molecular flexibility index (Phi) is 16.8. The normalized spacial score (nSPS) is 10.9. The van der Waals surface area contributed by atoms with Crippen molar-refractivity contribution in [1.29, 1.82) is 0 Å². The lowest BCUT2D eigenvalue weighted by Gasteiger charge is -2.36. The lowest BCUT2D eigenvalue weighted by molar-refractivity contribution is -0.106. The molecule has 234 valence electrons. The highest BCUT2D eigenvalue weighted by molar-refractivity contribution is 7.10. The van der Waals surface area contributed by atoms with Crippen LogP contribution in [0.15, 0.2) is 30.9 Å². The molecule has 4 aromatic rings. The van der Waals surface area contributed by atoms with E-state index in [1.807, 2.05) is 29.9 Å². The van der Waals surface area contributed by atoms with E-state index >= 15 is 0 Å². The number of unbranched alkanes of at least 4 members (excludes halogenated alkanes) is 2. The van der Waals surface area contributed by atoms with Crippen LogP contribution in [0.1, 0.15) is 106 Å². The summed E-state index contributed by atoms with van der Waals surface area (Å²) >= 11 is 1.45. The van der Waals surface area contributed by atoms with Gasteiger partial charge in [0.15, 0.2) is 11.5 Å². The fourth-order valence-corrected chi connectivity index (χ4v) is 4.54. The van der Waals surface area contributed by atoms with Gasteiger partial charge in [-0.2, -0.15) is 9.47 Å². The number of nitrogens with one attached hydrogen (secondary N) is 2. The number of aryl methyl sites for hydroxylation is 1. The second kappa shape index (κ2) is 19.2. The number of hydrogen-bond donors (Lipinski definition) is 2. The Morgan fingerprint density at radius 2 is 1.79 bits per heavy atom. The predicted molar refractivity (Wildman–Crippen MR) is 179 cm³/mol. The second-order valence-corrected chi connectivity index (χ2v) is 12.2. The zero-order chi connectivity index (χ0) is 31.7. The number of hydrogen-bond acceptors (Lipinski definition) is 8. The second-order valence-electron chi connectivity index (χ2n) is 11.4. The van der Waals surface area contributed by atoms with Gasteiger partial charge in [0, 0.05) is 30.0 Å². The van der Waals surface area contributed by atoms with E-state index in [2.05, 4.69) is 103 Å². The molecule has 0 atom stereocenters. The molecule has 0 saturated heterocycles. The lowest BCUT2D eigenvalue weighted by atomic mass is 9.99. The van der Waals surface area contributed by atoms with Crippen LogP contribution >= 0.6 is 11.5 Å². The molecule has 0 amide bonds. The van der Waals surface area contributed by atoms with Crippen LogP contribution in [0.2, 0.25) is 0 Å². The quantitative estimate of drug-likeness (QED) is 0.176. The molecule has 2 N–H and O–H groups in total. The van der Waals surface area contributed by atoms with Crippen LogP contribution in [0.3, 0.4) is 0 Å². The van der Waals surface area contributed by atoms with Crippen molar-refractivity contribution in [3.8, 4) is 11.3 Å². The highest BCUT2D eigenvalue weighted by atomic mass is 32.1. The molecule has 0 unspecified atom stereocenters. The molecule has 0 saturated carbocycles. The largest absolute Gasteiger partial charge is 0.328 e. The molecule has 4 rings (SSSR count). The predicted octanol–water partition coefficient (Wildman–Crippen LogP) is 8.70. The number of aromatic amines is 1. The lowest BCUT2D eigenvalue weighted by Crippen LogP contribution is -2.42.